The van der Waals surface area contributed by atoms with Gasteiger partial charge in [-0.1, -0.05) is 0 Å². The SMILES string of the molecule is O=C(O)c1cc(OCc2ccco2)cs1. The lowest BCUT2D eigenvalue weighted by atomic mass is 10.4. The van der Waals surface area contributed by atoms with Gasteiger partial charge in [-0.25, -0.2) is 4.79 Å². The Labute approximate surface area is 89.7 Å². The van der Waals surface area contributed by atoms with Gasteiger partial charge in [0, 0.05) is 11.4 Å². The van der Waals surface area contributed by atoms with E-state index in [0.29, 0.717) is 18.1 Å². The Morgan fingerprint density at radius 2 is 2.47 bits per heavy atom. The molecule has 5 heteroatoms. The van der Waals surface area contributed by atoms with Crippen molar-refractivity contribution in [3.05, 3.63) is 40.5 Å². The second kappa shape index (κ2) is 4.18. The Morgan fingerprint density at radius 3 is 3.07 bits per heavy atom. The van der Waals surface area contributed by atoms with Crippen LogP contribution in [0.5, 0.6) is 5.75 Å². The number of furan rings is 1. The topological polar surface area (TPSA) is 59.7 Å². The highest BCUT2D eigenvalue weighted by Gasteiger charge is 2.07. The molecule has 0 unspecified atom stereocenters. The molecule has 0 amide bonds. The van der Waals surface area contributed by atoms with E-state index in [1.54, 1.807) is 23.8 Å². The Morgan fingerprint density at radius 1 is 1.60 bits per heavy atom. The van der Waals surface area contributed by atoms with E-state index >= 15 is 0 Å². The zero-order valence-electron chi connectivity index (χ0n) is 7.67. The average Bonchev–Trinajstić information content (AvgIpc) is 2.86. The quantitative estimate of drug-likeness (QED) is 0.867. The summed E-state index contributed by atoms with van der Waals surface area (Å²) in [6.45, 7) is 0.308. The first-order chi connectivity index (χ1) is 7.25. The van der Waals surface area contributed by atoms with Crippen LogP contribution in [0.4, 0.5) is 0 Å². The van der Waals surface area contributed by atoms with E-state index in [2.05, 4.69) is 0 Å². The molecule has 0 aliphatic rings. The van der Waals surface area contributed by atoms with Crippen LogP contribution in [-0.4, -0.2) is 11.1 Å². The minimum atomic E-state index is -0.937. The first kappa shape index (κ1) is 9.79. The van der Waals surface area contributed by atoms with Crippen molar-refractivity contribution < 1.29 is 19.1 Å². The normalized spacial score (nSPS) is 10.1. The van der Waals surface area contributed by atoms with Crippen LogP contribution in [0.3, 0.4) is 0 Å². The van der Waals surface area contributed by atoms with Gasteiger partial charge in [0.1, 0.15) is 23.0 Å². The smallest absolute Gasteiger partial charge is 0.346 e. The Bertz CT molecular complexity index is 444. The number of carbonyl (C=O) groups is 1. The number of thiophene rings is 1. The van der Waals surface area contributed by atoms with Gasteiger partial charge in [0.05, 0.1) is 6.26 Å². The molecule has 2 aromatic heterocycles. The molecule has 2 heterocycles. The highest BCUT2D eigenvalue weighted by molar-refractivity contribution is 7.12. The molecule has 2 aromatic rings. The molecule has 78 valence electrons. The van der Waals surface area contributed by atoms with Crippen molar-refractivity contribution in [1.82, 2.24) is 0 Å². The van der Waals surface area contributed by atoms with Crippen LogP contribution in [0.25, 0.3) is 0 Å². The molecule has 15 heavy (non-hydrogen) atoms. The van der Waals surface area contributed by atoms with E-state index in [4.69, 9.17) is 14.3 Å². The summed E-state index contributed by atoms with van der Waals surface area (Å²) in [5, 5.41) is 10.3. The molecular formula is C10H8O4S. The predicted molar refractivity (Wildman–Crippen MR) is 54.3 cm³/mol. The maximum atomic E-state index is 10.6. The summed E-state index contributed by atoms with van der Waals surface area (Å²) in [5.74, 6) is 0.319. The summed E-state index contributed by atoms with van der Waals surface area (Å²) in [7, 11) is 0. The average molecular weight is 224 g/mol. The fourth-order valence-corrected chi connectivity index (χ4v) is 1.72. The molecule has 0 saturated heterocycles. The number of rotatable bonds is 4. The number of carboxylic acids is 1. The van der Waals surface area contributed by atoms with Crippen LogP contribution in [0.15, 0.2) is 34.3 Å². The third kappa shape index (κ3) is 2.38. The summed E-state index contributed by atoms with van der Waals surface area (Å²) in [4.78, 5) is 10.9. The number of hydrogen-bond donors (Lipinski definition) is 1. The first-order valence-electron chi connectivity index (χ1n) is 4.23. The van der Waals surface area contributed by atoms with Crippen LogP contribution in [0.1, 0.15) is 15.4 Å². The molecule has 0 aliphatic carbocycles. The Hall–Kier alpha value is -1.75. The lowest BCUT2D eigenvalue weighted by Crippen LogP contribution is -1.93. The van der Waals surface area contributed by atoms with E-state index in [1.807, 2.05) is 0 Å². The van der Waals surface area contributed by atoms with E-state index in [0.717, 1.165) is 11.3 Å². The van der Waals surface area contributed by atoms with E-state index in [1.165, 1.54) is 6.07 Å². The second-order valence-electron chi connectivity index (χ2n) is 2.82. The summed E-state index contributed by atoms with van der Waals surface area (Å²) >= 11 is 1.14. The molecule has 0 aromatic carbocycles. The van der Waals surface area contributed by atoms with Crippen molar-refractivity contribution in [3.8, 4) is 5.75 Å². The van der Waals surface area contributed by atoms with Crippen LogP contribution in [0.2, 0.25) is 0 Å². The molecule has 2 rings (SSSR count). The van der Waals surface area contributed by atoms with Crippen molar-refractivity contribution in [2.24, 2.45) is 0 Å². The minimum absolute atomic E-state index is 0.268. The summed E-state index contributed by atoms with van der Waals surface area (Å²) < 4.78 is 10.4. The van der Waals surface area contributed by atoms with Crippen LogP contribution in [0, 0.1) is 0 Å². The van der Waals surface area contributed by atoms with Gasteiger partial charge in [0.15, 0.2) is 0 Å². The fraction of sp³-hybridized carbons (Fsp3) is 0.100. The van der Waals surface area contributed by atoms with E-state index in [-0.39, 0.29) is 4.88 Å². The maximum Gasteiger partial charge on any atom is 0.346 e. The van der Waals surface area contributed by atoms with Gasteiger partial charge in [0.25, 0.3) is 0 Å². The van der Waals surface area contributed by atoms with E-state index in [9.17, 15) is 4.79 Å². The molecule has 1 N–H and O–H groups in total. The van der Waals surface area contributed by atoms with Crippen LogP contribution >= 0.6 is 11.3 Å². The first-order valence-corrected chi connectivity index (χ1v) is 5.10. The molecule has 0 atom stereocenters. The molecule has 0 radical (unpaired) electrons. The molecule has 0 spiro atoms. The largest absolute Gasteiger partial charge is 0.485 e. The summed E-state index contributed by atoms with van der Waals surface area (Å²) in [6.07, 6.45) is 1.56. The van der Waals surface area contributed by atoms with Crippen LogP contribution in [-0.2, 0) is 6.61 Å². The Balaban J connectivity index is 1.96. The number of ether oxygens (including phenoxy) is 1. The zero-order chi connectivity index (χ0) is 10.7. The second-order valence-corrected chi connectivity index (χ2v) is 3.73. The Kier molecular flexibility index (Phi) is 2.73. The van der Waals surface area contributed by atoms with Gasteiger partial charge >= 0.3 is 5.97 Å². The molecule has 0 fully saturated rings. The van der Waals surface area contributed by atoms with Gasteiger partial charge in [-0.3, -0.25) is 0 Å². The number of carboxylic acid groups (broad SMARTS) is 1. The highest BCUT2D eigenvalue weighted by atomic mass is 32.1. The molecular weight excluding hydrogens is 216 g/mol. The van der Waals surface area contributed by atoms with Gasteiger partial charge in [-0.05, 0) is 12.1 Å². The van der Waals surface area contributed by atoms with Crippen molar-refractivity contribution >= 4 is 17.3 Å². The van der Waals surface area contributed by atoms with Gasteiger partial charge in [0.2, 0.25) is 0 Å². The monoisotopic (exact) mass is 224 g/mol. The van der Waals surface area contributed by atoms with Gasteiger partial charge < -0.3 is 14.3 Å². The van der Waals surface area contributed by atoms with Crippen molar-refractivity contribution in [2.45, 2.75) is 6.61 Å². The van der Waals surface area contributed by atoms with Crippen molar-refractivity contribution in [1.29, 1.82) is 0 Å². The maximum absolute atomic E-state index is 10.6. The van der Waals surface area contributed by atoms with Crippen molar-refractivity contribution in [3.63, 3.8) is 0 Å². The van der Waals surface area contributed by atoms with Crippen LogP contribution < -0.4 is 4.74 Å². The third-order valence-electron chi connectivity index (χ3n) is 1.75. The van der Waals surface area contributed by atoms with E-state index < -0.39 is 5.97 Å². The lowest BCUT2D eigenvalue weighted by molar-refractivity contribution is 0.0702. The molecule has 0 saturated carbocycles. The number of aromatic carboxylic acids is 1. The molecule has 0 aliphatic heterocycles. The summed E-state index contributed by atoms with van der Waals surface area (Å²) in [5.41, 5.74) is 0. The molecule has 0 bridgehead atoms. The summed E-state index contributed by atoms with van der Waals surface area (Å²) in [6, 6.07) is 5.06. The zero-order valence-corrected chi connectivity index (χ0v) is 8.49. The predicted octanol–water partition coefficient (Wildman–Crippen LogP) is 2.62. The minimum Gasteiger partial charge on any atom is -0.485 e. The standard InChI is InChI=1S/C10H8O4S/c11-10(12)9-4-8(6-15-9)14-5-7-2-1-3-13-7/h1-4,6H,5H2,(H,11,12). The number of hydrogen-bond acceptors (Lipinski definition) is 4. The van der Waals surface area contributed by atoms with Gasteiger partial charge in [-0.15, -0.1) is 11.3 Å². The van der Waals surface area contributed by atoms with Gasteiger partial charge in [-0.2, -0.15) is 0 Å². The highest BCUT2D eigenvalue weighted by Crippen LogP contribution is 2.22. The lowest BCUT2D eigenvalue weighted by Gasteiger charge is -1.99. The van der Waals surface area contributed by atoms with Crippen molar-refractivity contribution in [2.75, 3.05) is 0 Å². The third-order valence-corrected chi connectivity index (χ3v) is 2.64. The molecule has 4 nitrogen and oxygen atoms in total. The fourth-order valence-electron chi connectivity index (χ4n) is 1.06.